The Morgan fingerprint density at radius 2 is 1.90 bits per heavy atom. The van der Waals surface area contributed by atoms with E-state index >= 15 is 0 Å². The number of hydrogen-bond acceptors (Lipinski definition) is 5. The first-order valence-electron chi connectivity index (χ1n) is 9.22. The number of carbonyl (C=O) groups is 1. The van der Waals surface area contributed by atoms with E-state index in [2.05, 4.69) is 15.7 Å². The standard InChI is InChI=1S/C21H23N5O3/c1-14-18(15(2)25(24-14)13-16-7-5-4-6-8-16)12-23-21(27)17-9-10-19(22-3)20(11-17)26(28)29/h4-11,22H,12-13H2,1-3H3,(H,23,27). The van der Waals surface area contributed by atoms with Crippen LogP contribution in [0.25, 0.3) is 0 Å². The van der Waals surface area contributed by atoms with E-state index in [0.717, 1.165) is 22.5 Å². The molecule has 1 aromatic heterocycles. The van der Waals surface area contributed by atoms with Gasteiger partial charge in [-0.05, 0) is 31.5 Å². The molecule has 0 radical (unpaired) electrons. The first-order chi connectivity index (χ1) is 13.9. The maximum atomic E-state index is 12.5. The number of hydrogen-bond donors (Lipinski definition) is 2. The number of nitrogens with one attached hydrogen (secondary N) is 2. The number of benzene rings is 2. The van der Waals surface area contributed by atoms with Gasteiger partial charge >= 0.3 is 0 Å². The van der Waals surface area contributed by atoms with Gasteiger partial charge in [-0.2, -0.15) is 5.10 Å². The molecule has 2 N–H and O–H groups in total. The molecule has 2 aromatic carbocycles. The molecule has 8 nitrogen and oxygen atoms in total. The minimum Gasteiger partial charge on any atom is -0.383 e. The third-order valence-electron chi connectivity index (χ3n) is 4.86. The second-order valence-electron chi connectivity index (χ2n) is 6.71. The summed E-state index contributed by atoms with van der Waals surface area (Å²) in [6.07, 6.45) is 0. The Bertz CT molecular complexity index is 1040. The summed E-state index contributed by atoms with van der Waals surface area (Å²) in [5.41, 5.74) is 4.37. The van der Waals surface area contributed by atoms with Crippen molar-refractivity contribution in [1.82, 2.24) is 15.1 Å². The fourth-order valence-corrected chi connectivity index (χ4v) is 3.21. The summed E-state index contributed by atoms with van der Waals surface area (Å²) < 4.78 is 1.92. The quantitative estimate of drug-likeness (QED) is 0.473. The van der Waals surface area contributed by atoms with E-state index in [9.17, 15) is 14.9 Å². The van der Waals surface area contributed by atoms with Crippen molar-refractivity contribution in [1.29, 1.82) is 0 Å². The number of aryl methyl sites for hydroxylation is 1. The molecule has 150 valence electrons. The van der Waals surface area contributed by atoms with Crippen LogP contribution < -0.4 is 10.6 Å². The second kappa shape index (κ2) is 8.55. The third-order valence-corrected chi connectivity index (χ3v) is 4.86. The first kappa shape index (κ1) is 20.1. The Morgan fingerprint density at radius 3 is 2.55 bits per heavy atom. The molecule has 1 heterocycles. The molecule has 0 unspecified atom stereocenters. The highest BCUT2D eigenvalue weighted by Crippen LogP contribution is 2.25. The zero-order chi connectivity index (χ0) is 21.0. The normalized spacial score (nSPS) is 10.6. The van der Waals surface area contributed by atoms with Gasteiger partial charge in [-0.15, -0.1) is 0 Å². The molecule has 0 aliphatic carbocycles. The van der Waals surface area contributed by atoms with E-state index in [-0.39, 0.29) is 17.2 Å². The fraction of sp³-hybridized carbons (Fsp3) is 0.238. The lowest BCUT2D eigenvalue weighted by molar-refractivity contribution is -0.384. The average Bonchev–Trinajstić information content (AvgIpc) is 2.99. The summed E-state index contributed by atoms with van der Waals surface area (Å²) in [6, 6.07) is 14.4. The lowest BCUT2D eigenvalue weighted by Crippen LogP contribution is -2.23. The van der Waals surface area contributed by atoms with Crippen molar-refractivity contribution < 1.29 is 9.72 Å². The predicted octanol–water partition coefficient (Wildman–Crippen LogP) is 3.43. The van der Waals surface area contributed by atoms with Crippen LogP contribution in [-0.4, -0.2) is 27.7 Å². The van der Waals surface area contributed by atoms with E-state index in [1.807, 2.05) is 48.9 Å². The zero-order valence-electron chi connectivity index (χ0n) is 16.6. The number of nitro benzene ring substituents is 1. The van der Waals surface area contributed by atoms with E-state index in [1.54, 1.807) is 13.1 Å². The number of aromatic nitrogens is 2. The maximum absolute atomic E-state index is 12.5. The number of nitro groups is 1. The van der Waals surface area contributed by atoms with Crippen LogP contribution in [-0.2, 0) is 13.1 Å². The van der Waals surface area contributed by atoms with Gasteiger partial charge in [-0.1, -0.05) is 30.3 Å². The number of rotatable bonds is 7. The Hall–Kier alpha value is -3.68. The lowest BCUT2D eigenvalue weighted by atomic mass is 10.1. The molecule has 0 bridgehead atoms. The summed E-state index contributed by atoms with van der Waals surface area (Å²) in [5.74, 6) is -0.370. The lowest BCUT2D eigenvalue weighted by Gasteiger charge is -2.08. The van der Waals surface area contributed by atoms with Crippen LogP contribution in [0.5, 0.6) is 0 Å². The van der Waals surface area contributed by atoms with E-state index in [1.165, 1.54) is 12.1 Å². The van der Waals surface area contributed by atoms with Gasteiger partial charge in [0.25, 0.3) is 11.6 Å². The molecule has 0 atom stereocenters. The molecule has 0 saturated carbocycles. The Labute approximate surface area is 168 Å². The van der Waals surface area contributed by atoms with Gasteiger partial charge in [0.15, 0.2) is 0 Å². The van der Waals surface area contributed by atoms with Crippen molar-refractivity contribution in [2.75, 3.05) is 12.4 Å². The average molecular weight is 393 g/mol. The van der Waals surface area contributed by atoms with Crippen LogP contribution in [0.15, 0.2) is 48.5 Å². The SMILES string of the molecule is CNc1ccc(C(=O)NCc2c(C)nn(Cc3ccccc3)c2C)cc1[N+](=O)[O-]. The van der Waals surface area contributed by atoms with Gasteiger partial charge < -0.3 is 10.6 Å². The summed E-state index contributed by atoms with van der Waals surface area (Å²) >= 11 is 0. The van der Waals surface area contributed by atoms with Crippen molar-refractivity contribution in [3.63, 3.8) is 0 Å². The first-order valence-corrected chi connectivity index (χ1v) is 9.22. The molecule has 0 fully saturated rings. The molecular formula is C21H23N5O3. The summed E-state index contributed by atoms with van der Waals surface area (Å²) in [4.78, 5) is 23.2. The van der Waals surface area contributed by atoms with Crippen LogP contribution in [0.2, 0.25) is 0 Å². The highest BCUT2D eigenvalue weighted by atomic mass is 16.6. The highest BCUT2D eigenvalue weighted by Gasteiger charge is 2.18. The van der Waals surface area contributed by atoms with Gasteiger partial charge in [-0.25, -0.2) is 0 Å². The van der Waals surface area contributed by atoms with E-state index in [0.29, 0.717) is 18.8 Å². The molecule has 3 aromatic rings. The number of carbonyl (C=O) groups excluding carboxylic acids is 1. The van der Waals surface area contributed by atoms with E-state index < -0.39 is 4.92 Å². The molecule has 1 amide bonds. The summed E-state index contributed by atoms with van der Waals surface area (Å²) in [5, 5.41) is 21.4. The molecule has 0 aliphatic rings. The fourth-order valence-electron chi connectivity index (χ4n) is 3.21. The molecule has 0 saturated heterocycles. The minimum atomic E-state index is -0.509. The van der Waals surface area contributed by atoms with Crippen LogP contribution in [0.4, 0.5) is 11.4 Å². The molecular weight excluding hydrogens is 370 g/mol. The van der Waals surface area contributed by atoms with Gasteiger partial charge in [0, 0.05) is 36.5 Å². The van der Waals surface area contributed by atoms with Crippen molar-refractivity contribution in [2.24, 2.45) is 0 Å². The minimum absolute atomic E-state index is 0.136. The van der Waals surface area contributed by atoms with Crippen molar-refractivity contribution in [2.45, 2.75) is 26.9 Å². The van der Waals surface area contributed by atoms with Crippen molar-refractivity contribution in [3.05, 3.63) is 86.7 Å². The van der Waals surface area contributed by atoms with Crippen LogP contribution in [0.1, 0.15) is 32.9 Å². The van der Waals surface area contributed by atoms with Crippen LogP contribution in [0.3, 0.4) is 0 Å². The molecule has 0 aliphatic heterocycles. The summed E-state index contributed by atoms with van der Waals surface area (Å²) in [7, 11) is 1.60. The van der Waals surface area contributed by atoms with Gasteiger partial charge in [-0.3, -0.25) is 19.6 Å². The highest BCUT2D eigenvalue weighted by molar-refractivity contribution is 5.95. The second-order valence-corrected chi connectivity index (χ2v) is 6.71. The van der Waals surface area contributed by atoms with Crippen molar-refractivity contribution in [3.8, 4) is 0 Å². The van der Waals surface area contributed by atoms with Crippen LogP contribution in [0, 0.1) is 24.0 Å². The van der Waals surface area contributed by atoms with Gasteiger partial charge in [0.2, 0.25) is 0 Å². The molecule has 0 spiro atoms. The largest absolute Gasteiger partial charge is 0.383 e. The summed E-state index contributed by atoms with van der Waals surface area (Å²) in [6.45, 7) is 4.82. The van der Waals surface area contributed by atoms with Crippen molar-refractivity contribution >= 4 is 17.3 Å². The zero-order valence-corrected chi connectivity index (χ0v) is 16.6. The van der Waals surface area contributed by atoms with E-state index in [4.69, 9.17) is 0 Å². The Balaban J connectivity index is 1.74. The molecule has 3 rings (SSSR count). The Kier molecular flexibility index (Phi) is 5.92. The molecule has 29 heavy (non-hydrogen) atoms. The topological polar surface area (TPSA) is 102 Å². The van der Waals surface area contributed by atoms with Crippen LogP contribution >= 0.6 is 0 Å². The van der Waals surface area contributed by atoms with Gasteiger partial charge in [0.05, 0.1) is 17.2 Å². The van der Waals surface area contributed by atoms with Gasteiger partial charge in [0.1, 0.15) is 5.69 Å². The third kappa shape index (κ3) is 4.43. The number of nitrogens with zero attached hydrogens (tertiary/aromatic N) is 3. The monoisotopic (exact) mass is 393 g/mol. The maximum Gasteiger partial charge on any atom is 0.293 e. The number of amides is 1. The molecule has 8 heteroatoms. The Morgan fingerprint density at radius 1 is 1.17 bits per heavy atom. The predicted molar refractivity (Wildman–Crippen MR) is 111 cm³/mol. The smallest absolute Gasteiger partial charge is 0.293 e. The number of anilines is 1.